The summed E-state index contributed by atoms with van der Waals surface area (Å²) in [6.45, 7) is 0. The zero-order valence-corrected chi connectivity index (χ0v) is 14.7. The van der Waals surface area contributed by atoms with Crippen molar-refractivity contribution < 1.29 is 9.47 Å². The second kappa shape index (κ2) is 6.49. The molecule has 1 aromatic carbocycles. The SMILES string of the molecule is COc1ccc(Nc2nccc3[nH]c(-c4ccsc4)cc23)c(OC)c1. The summed E-state index contributed by atoms with van der Waals surface area (Å²) < 4.78 is 10.7. The van der Waals surface area contributed by atoms with Crippen LogP contribution < -0.4 is 14.8 Å². The van der Waals surface area contributed by atoms with E-state index in [9.17, 15) is 0 Å². The van der Waals surface area contributed by atoms with Crippen LogP contribution in [0.5, 0.6) is 11.5 Å². The molecule has 5 nitrogen and oxygen atoms in total. The molecule has 25 heavy (non-hydrogen) atoms. The van der Waals surface area contributed by atoms with E-state index in [0.717, 1.165) is 33.9 Å². The van der Waals surface area contributed by atoms with Crippen LogP contribution in [0.1, 0.15) is 0 Å². The molecule has 0 spiro atoms. The molecule has 126 valence electrons. The average molecular weight is 351 g/mol. The number of aromatic nitrogens is 2. The van der Waals surface area contributed by atoms with Gasteiger partial charge < -0.3 is 19.8 Å². The fourth-order valence-electron chi connectivity index (χ4n) is 2.76. The first-order valence-electron chi connectivity index (χ1n) is 7.78. The van der Waals surface area contributed by atoms with E-state index in [1.807, 2.05) is 24.3 Å². The molecule has 0 amide bonds. The number of fused-ring (bicyclic) bond motifs is 1. The van der Waals surface area contributed by atoms with Gasteiger partial charge in [0.05, 0.1) is 25.4 Å². The van der Waals surface area contributed by atoms with E-state index in [2.05, 4.69) is 38.2 Å². The van der Waals surface area contributed by atoms with Gasteiger partial charge >= 0.3 is 0 Å². The third kappa shape index (κ3) is 2.92. The summed E-state index contributed by atoms with van der Waals surface area (Å²) in [5.41, 5.74) is 4.12. The smallest absolute Gasteiger partial charge is 0.146 e. The first-order chi connectivity index (χ1) is 12.3. The Balaban J connectivity index is 1.75. The molecule has 0 saturated carbocycles. The van der Waals surface area contributed by atoms with E-state index < -0.39 is 0 Å². The van der Waals surface area contributed by atoms with Crippen LogP contribution in [0.3, 0.4) is 0 Å². The van der Waals surface area contributed by atoms with Crippen molar-refractivity contribution in [3.05, 3.63) is 53.4 Å². The highest BCUT2D eigenvalue weighted by Crippen LogP contribution is 2.34. The standard InChI is InChI=1S/C19H17N3O2S/c1-23-13-3-4-16(18(9-13)24-2)22-19-14-10-17(12-6-8-25-11-12)21-15(14)5-7-20-19/h3-11,21H,1-2H3,(H,20,22). The highest BCUT2D eigenvalue weighted by Gasteiger charge is 2.11. The minimum atomic E-state index is 0.701. The van der Waals surface area contributed by atoms with Gasteiger partial charge in [0, 0.05) is 34.3 Å². The molecule has 4 aromatic rings. The van der Waals surface area contributed by atoms with Crippen molar-refractivity contribution >= 4 is 33.7 Å². The van der Waals surface area contributed by atoms with Crippen LogP contribution in [-0.4, -0.2) is 24.2 Å². The van der Waals surface area contributed by atoms with E-state index in [0.29, 0.717) is 5.75 Å². The van der Waals surface area contributed by atoms with Gasteiger partial charge in [-0.05, 0) is 35.7 Å². The van der Waals surface area contributed by atoms with E-state index >= 15 is 0 Å². The Hall–Kier alpha value is -2.99. The number of pyridine rings is 1. The number of H-pyrrole nitrogens is 1. The largest absolute Gasteiger partial charge is 0.497 e. The molecule has 6 heteroatoms. The Kier molecular flexibility index (Phi) is 4.03. The molecule has 0 unspecified atom stereocenters. The van der Waals surface area contributed by atoms with Crippen molar-refractivity contribution in [1.29, 1.82) is 0 Å². The van der Waals surface area contributed by atoms with Crippen LogP contribution in [-0.2, 0) is 0 Å². The van der Waals surface area contributed by atoms with Crippen molar-refractivity contribution in [3.8, 4) is 22.8 Å². The number of hydrogen-bond acceptors (Lipinski definition) is 5. The van der Waals surface area contributed by atoms with Crippen molar-refractivity contribution in [1.82, 2.24) is 9.97 Å². The number of nitrogens with zero attached hydrogens (tertiary/aromatic N) is 1. The maximum atomic E-state index is 5.46. The first-order valence-corrected chi connectivity index (χ1v) is 8.72. The molecule has 0 aliphatic rings. The molecule has 0 bridgehead atoms. The lowest BCUT2D eigenvalue weighted by molar-refractivity contribution is 0.395. The molecule has 0 aliphatic heterocycles. The molecule has 0 saturated heterocycles. The van der Waals surface area contributed by atoms with Crippen molar-refractivity contribution in [2.45, 2.75) is 0 Å². The molecule has 0 atom stereocenters. The lowest BCUT2D eigenvalue weighted by Gasteiger charge is -2.12. The summed E-state index contributed by atoms with van der Waals surface area (Å²) in [5.74, 6) is 2.22. The van der Waals surface area contributed by atoms with Crippen LogP contribution >= 0.6 is 11.3 Å². The van der Waals surface area contributed by atoms with Gasteiger partial charge in [-0.15, -0.1) is 0 Å². The lowest BCUT2D eigenvalue weighted by Crippen LogP contribution is -1.97. The summed E-state index contributed by atoms with van der Waals surface area (Å²) >= 11 is 1.68. The molecular weight excluding hydrogens is 334 g/mol. The maximum Gasteiger partial charge on any atom is 0.146 e. The number of hydrogen-bond donors (Lipinski definition) is 2. The van der Waals surface area contributed by atoms with Crippen LogP contribution in [0, 0.1) is 0 Å². The Labute approximate surface area is 149 Å². The number of anilines is 2. The number of nitrogens with one attached hydrogen (secondary N) is 2. The van der Waals surface area contributed by atoms with Crippen LogP contribution in [0.2, 0.25) is 0 Å². The summed E-state index contributed by atoms with van der Waals surface area (Å²) in [6, 6.07) is 11.8. The Morgan fingerprint density at radius 3 is 2.76 bits per heavy atom. The number of rotatable bonds is 5. The van der Waals surface area contributed by atoms with Crippen molar-refractivity contribution in [3.63, 3.8) is 0 Å². The summed E-state index contributed by atoms with van der Waals surface area (Å²) in [7, 11) is 3.27. The van der Waals surface area contributed by atoms with Gasteiger partial charge in [0.25, 0.3) is 0 Å². The molecule has 3 heterocycles. The van der Waals surface area contributed by atoms with E-state index in [1.165, 1.54) is 5.56 Å². The van der Waals surface area contributed by atoms with Crippen molar-refractivity contribution in [2.24, 2.45) is 0 Å². The molecular formula is C19H17N3O2S. The number of ether oxygens (including phenoxy) is 2. The monoisotopic (exact) mass is 351 g/mol. The predicted octanol–water partition coefficient (Wildman–Crippen LogP) is 5.05. The quantitative estimate of drug-likeness (QED) is 0.528. The fourth-order valence-corrected chi connectivity index (χ4v) is 3.41. The summed E-state index contributed by atoms with van der Waals surface area (Å²) in [4.78, 5) is 7.95. The third-order valence-corrected chi connectivity index (χ3v) is 4.73. The van der Waals surface area contributed by atoms with Crippen molar-refractivity contribution in [2.75, 3.05) is 19.5 Å². The highest BCUT2D eigenvalue weighted by atomic mass is 32.1. The topological polar surface area (TPSA) is 59.2 Å². The second-order valence-corrected chi connectivity index (χ2v) is 6.29. The van der Waals surface area contributed by atoms with Gasteiger partial charge in [0.2, 0.25) is 0 Å². The highest BCUT2D eigenvalue weighted by molar-refractivity contribution is 7.08. The molecule has 0 fully saturated rings. The zero-order chi connectivity index (χ0) is 17.2. The van der Waals surface area contributed by atoms with Crippen LogP contribution in [0.4, 0.5) is 11.5 Å². The van der Waals surface area contributed by atoms with E-state index in [-0.39, 0.29) is 0 Å². The van der Waals surface area contributed by atoms with Crippen LogP contribution in [0.25, 0.3) is 22.2 Å². The third-order valence-electron chi connectivity index (χ3n) is 4.04. The molecule has 2 N–H and O–H groups in total. The van der Waals surface area contributed by atoms with Gasteiger partial charge in [-0.1, -0.05) is 0 Å². The van der Waals surface area contributed by atoms with Crippen LogP contribution in [0.15, 0.2) is 53.4 Å². The Morgan fingerprint density at radius 1 is 1.08 bits per heavy atom. The van der Waals surface area contributed by atoms with Gasteiger partial charge in [-0.25, -0.2) is 4.98 Å². The Bertz CT molecular complexity index is 1010. The van der Waals surface area contributed by atoms with Gasteiger partial charge in [0.1, 0.15) is 17.3 Å². The van der Waals surface area contributed by atoms with E-state index in [4.69, 9.17) is 9.47 Å². The zero-order valence-electron chi connectivity index (χ0n) is 13.9. The first kappa shape index (κ1) is 15.5. The van der Waals surface area contributed by atoms with Gasteiger partial charge in [-0.2, -0.15) is 11.3 Å². The average Bonchev–Trinajstić information content (AvgIpc) is 3.31. The fraction of sp³-hybridized carbons (Fsp3) is 0.105. The summed E-state index contributed by atoms with van der Waals surface area (Å²) in [6.07, 6.45) is 1.79. The number of benzene rings is 1. The molecule has 3 aromatic heterocycles. The Morgan fingerprint density at radius 2 is 2.00 bits per heavy atom. The predicted molar refractivity (Wildman–Crippen MR) is 102 cm³/mol. The van der Waals surface area contributed by atoms with Gasteiger partial charge in [-0.3, -0.25) is 0 Å². The summed E-state index contributed by atoms with van der Waals surface area (Å²) in [5, 5.41) is 8.59. The molecule has 0 radical (unpaired) electrons. The molecule has 4 rings (SSSR count). The van der Waals surface area contributed by atoms with E-state index in [1.54, 1.807) is 31.8 Å². The number of thiophene rings is 1. The lowest BCUT2D eigenvalue weighted by atomic mass is 10.2. The normalized spacial score (nSPS) is 10.8. The second-order valence-electron chi connectivity index (χ2n) is 5.51. The van der Waals surface area contributed by atoms with Gasteiger partial charge in [0.15, 0.2) is 0 Å². The minimum absolute atomic E-state index is 0.701. The maximum absolute atomic E-state index is 5.46. The number of methoxy groups -OCH3 is 2. The number of aromatic amines is 1. The molecule has 0 aliphatic carbocycles. The minimum Gasteiger partial charge on any atom is -0.497 e.